The zero-order valence-corrected chi connectivity index (χ0v) is 18.6. The number of carboxylic acid groups (broad SMARTS) is 1. The van der Waals surface area contributed by atoms with E-state index >= 15 is 0 Å². The van der Waals surface area contributed by atoms with Crippen molar-refractivity contribution in [2.75, 3.05) is 12.3 Å². The van der Waals surface area contributed by atoms with Gasteiger partial charge in [0, 0.05) is 17.2 Å². The lowest BCUT2D eigenvalue weighted by Crippen LogP contribution is -2.14. The maximum Gasteiger partial charge on any atom is 0.338 e. The normalized spacial score (nSPS) is 12.1. The number of carboxylic acids is 1. The number of fused-ring (bicyclic) bond motifs is 3. The van der Waals surface area contributed by atoms with Crippen LogP contribution in [0.4, 0.5) is 5.69 Å². The van der Waals surface area contributed by atoms with Crippen molar-refractivity contribution in [1.29, 1.82) is 0 Å². The Labute approximate surface area is 197 Å². The minimum absolute atomic E-state index is 0.0129. The predicted octanol–water partition coefficient (Wildman–Crippen LogP) is 5.91. The van der Waals surface area contributed by atoms with Crippen LogP contribution in [-0.2, 0) is 4.74 Å². The molecule has 0 amide bonds. The van der Waals surface area contributed by atoms with E-state index in [9.17, 15) is 9.59 Å². The number of carbonyl (C=O) groups is 2. The van der Waals surface area contributed by atoms with E-state index in [2.05, 4.69) is 24.3 Å². The maximum absolute atomic E-state index is 13.0. The van der Waals surface area contributed by atoms with E-state index in [1.165, 1.54) is 23.3 Å². The van der Waals surface area contributed by atoms with E-state index in [1.54, 1.807) is 31.2 Å². The fraction of sp³-hybridized carbons (Fsp3) is 0.103. The molecule has 0 aromatic heterocycles. The van der Waals surface area contributed by atoms with Crippen LogP contribution in [0.25, 0.3) is 22.3 Å². The second kappa shape index (κ2) is 8.52. The van der Waals surface area contributed by atoms with Crippen LogP contribution in [0.5, 0.6) is 0 Å². The number of anilines is 1. The van der Waals surface area contributed by atoms with E-state index in [-0.39, 0.29) is 18.1 Å². The number of ether oxygens (including phenoxy) is 1. The number of nitrogen functional groups attached to an aromatic ring is 1. The van der Waals surface area contributed by atoms with E-state index in [4.69, 9.17) is 15.6 Å². The van der Waals surface area contributed by atoms with Gasteiger partial charge < -0.3 is 15.6 Å². The largest absolute Gasteiger partial charge is 0.478 e. The Morgan fingerprint density at radius 1 is 0.824 bits per heavy atom. The molecule has 0 radical (unpaired) electrons. The monoisotopic (exact) mass is 449 g/mol. The summed E-state index contributed by atoms with van der Waals surface area (Å²) in [7, 11) is 0. The Bertz CT molecular complexity index is 1380. The molecule has 5 heteroatoms. The van der Waals surface area contributed by atoms with Gasteiger partial charge in [0.1, 0.15) is 6.61 Å². The van der Waals surface area contributed by atoms with Gasteiger partial charge in [0.25, 0.3) is 0 Å². The van der Waals surface area contributed by atoms with Crippen molar-refractivity contribution in [3.8, 4) is 22.3 Å². The van der Waals surface area contributed by atoms with Gasteiger partial charge in [-0.3, -0.25) is 0 Å². The Morgan fingerprint density at radius 3 is 2.00 bits per heavy atom. The lowest BCUT2D eigenvalue weighted by molar-refractivity contribution is 0.0492. The Balaban J connectivity index is 1.38. The standard InChI is InChI=1S/C29H23NO4/c1-17-20(14-15-21(27(17)30)18-10-12-19(13-11-18)28(31)32)29(33)34-16-26-24-8-4-2-6-22(24)23-7-3-5-9-25(23)26/h2-15,26H,16,30H2,1H3,(H,31,32). The first-order valence-corrected chi connectivity index (χ1v) is 11.0. The van der Waals surface area contributed by atoms with Gasteiger partial charge in [-0.2, -0.15) is 0 Å². The average Bonchev–Trinajstić information content (AvgIpc) is 3.18. The molecule has 5 rings (SSSR count). The van der Waals surface area contributed by atoms with Crippen molar-refractivity contribution < 1.29 is 19.4 Å². The number of hydrogen-bond donors (Lipinski definition) is 2. The van der Waals surface area contributed by atoms with Crippen LogP contribution in [0.15, 0.2) is 84.9 Å². The molecule has 0 aliphatic heterocycles. The Hall–Kier alpha value is -4.38. The van der Waals surface area contributed by atoms with Crippen molar-refractivity contribution in [2.45, 2.75) is 12.8 Å². The summed E-state index contributed by atoms with van der Waals surface area (Å²) >= 11 is 0. The molecule has 4 aromatic carbocycles. The summed E-state index contributed by atoms with van der Waals surface area (Å²) < 4.78 is 5.79. The highest BCUT2D eigenvalue weighted by atomic mass is 16.5. The van der Waals surface area contributed by atoms with Crippen LogP contribution in [0.3, 0.4) is 0 Å². The molecule has 1 aliphatic carbocycles. The summed E-state index contributed by atoms with van der Waals surface area (Å²) in [6.45, 7) is 2.03. The molecule has 0 atom stereocenters. The third kappa shape index (κ3) is 3.61. The second-order valence-corrected chi connectivity index (χ2v) is 8.41. The molecule has 0 fully saturated rings. The first-order valence-electron chi connectivity index (χ1n) is 11.0. The van der Waals surface area contributed by atoms with Gasteiger partial charge in [-0.1, -0.05) is 66.7 Å². The van der Waals surface area contributed by atoms with Gasteiger partial charge in [-0.15, -0.1) is 0 Å². The van der Waals surface area contributed by atoms with Gasteiger partial charge in [-0.05, 0) is 58.5 Å². The maximum atomic E-state index is 13.0. The molecule has 5 nitrogen and oxygen atoms in total. The van der Waals surface area contributed by atoms with Crippen molar-refractivity contribution in [2.24, 2.45) is 0 Å². The van der Waals surface area contributed by atoms with Gasteiger partial charge in [0.05, 0.1) is 11.1 Å². The van der Waals surface area contributed by atoms with E-state index < -0.39 is 11.9 Å². The highest BCUT2D eigenvalue weighted by molar-refractivity contribution is 5.96. The molecule has 0 heterocycles. The van der Waals surface area contributed by atoms with Gasteiger partial charge in [0.15, 0.2) is 0 Å². The van der Waals surface area contributed by atoms with Crippen LogP contribution >= 0.6 is 0 Å². The van der Waals surface area contributed by atoms with Crippen LogP contribution in [0.1, 0.15) is 43.3 Å². The molecule has 0 unspecified atom stereocenters. The number of hydrogen-bond acceptors (Lipinski definition) is 4. The summed E-state index contributed by atoms with van der Waals surface area (Å²) in [6, 6.07) is 26.4. The van der Waals surface area contributed by atoms with Crippen LogP contribution < -0.4 is 5.73 Å². The zero-order chi connectivity index (χ0) is 23.8. The van der Waals surface area contributed by atoms with E-state index in [0.29, 0.717) is 16.8 Å². The smallest absolute Gasteiger partial charge is 0.338 e. The van der Waals surface area contributed by atoms with Crippen LogP contribution in [0, 0.1) is 6.92 Å². The van der Waals surface area contributed by atoms with Gasteiger partial charge in [-0.25, -0.2) is 9.59 Å². The van der Waals surface area contributed by atoms with Gasteiger partial charge in [0.2, 0.25) is 0 Å². The number of benzene rings is 4. The summed E-state index contributed by atoms with van der Waals surface area (Å²) in [5, 5.41) is 9.10. The average molecular weight is 450 g/mol. The Morgan fingerprint density at radius 2 is 1.41 bits per heavy atom. The number of aromatic carboxylic acids is 1. The molecule has 0 saturated carbocycles. The molecule has 0 saturated heterocycles. The highest BCUT2D eigenvalue weighted by Gasteiger charge is 2.29. The summed E-state index contributed by atoms with van der Waals surface area (Å²) in [6.07, 6.45) is 0. The highest BCUT2D eigenvalue weighted by Crippen LogP contribution is 2.44. The number of nitrogens with two attached hydrogens (primary N) is 1. The molecule has 0 spiro atoms. The predicted molar refractivity (Wildman–Crippen MR) is 132 cm³/mol. The van der Waals surface area contributed by atoms with Crippen molar-refractivity contribution >= 4 is 17.6 Å². The minimum Gasteiger partial charge on any atom is -0.478 e. The lowest BCUT2D eigenvalue weighted by Gasteiger charge is -2.16. The third-order valence-corrected chi connectivity index (χ3v) is 6.52. The number of rotatable bonds is 5. The van der Waals surface area contributed by atoms with Crippen molar-refractivity contribution in [1.82, 2.24) is 0 Å². The summed E-state index contributed by atoms with van der Waals surface area (Å²) in [5.74, 6) is -1.42. The first kappa shape index (κ1) is 21.5. The molecule has 3 N–H and O–H groups in total. The number of esters is 1. The summed E-state index contributed by atoms with van der Waals surface area (Å²) in [4.78, 5) is 24.1. The quantitative estimate of drug-likeness (QED) is 0.292. The fourth-order valence-corrected chi connectivity index (χ4v) is 4.67. The third-order valence-electron chi connectivity index (χ3n) is 6.52. The second-order valence-electron chi connectivity index (χ2n) is 8.41. The van der Waals surface area contributed by atoms with Crippen LogP contribution in [-0.4, -0.2) is 23.7 Å². The first-order chi connectivity index (χ1) is 16.5. The molecule has 4 aromatic rings. The van der Waals surface area contributed by atoms with Crippen molar-refractivity contribution in [3.05, 3.63) is 113 Å². The molecule has 0 bridgehead atoms. The minimum atomic E-state index is -0.985. The molecule has 34 heavy (non-hydrogen) atoms. The SMILES string of the molecule is Cc1c(C(=O)OCC2c3ccccc3-c3ccccc32)ccc(-c2ccc(C(=O)O)cc2)c1N. The molecule has 1 aliphatic rings. The lowest BCUT2D eigenvalue weighted by atomic mass is 9.96. The molecular weight excluding hydrogens is 426 g/mol. The Kier molecular flexibility index (Phi) is 5.38. The zero-order valence-electron chi connectivity index (χ0n) is 18.6. The molecule has 168 valence electrons. The fourth-order valence-electron chi connectivity index (χ4n) is 4.67. The summed E-state index contributed by atoms with van der Waals surface area (Å²) in [5.41, 5.74) is 14.3. The van der Waals surface area contributed by atoms with E-state index in [1.807, 2.05) is 24.3 Å². The van der Waals surface area contributed by atoms with Crippen LogP contribution in [0.2, 0.25) is 0 Å². The van der Waals surface area contributed by atoms with Gasteiger partial charge >= 0.3 is 11.9 Å². The van der Waals surface area contributed by atoms with Crippen molar-refractivity contribution in [3.63, 3.8) is 0 Å². The topological polar surface area (TPSA) is 89.6 Å². The number of carbonyl (C=O) groups excluding carboxylic acids is 1. The van der Waals surface area contributed by atoms with E-state index in [0.717, 1.165) is 22.3 Å². The molecular formula is C29H23NO4.